The van der Waals surface area contributed by atoms with Gasteiger partial charge in [-0.1, -0.05) is 48.0 Å². The Balaban J connectivity index is 2.33. The first-order valence-electron chi connectivity index (χ1n) is 8.03. The van der Waals surface area contributed by atoms with E-state index in [1.807, 2.05) is 0 Å². The lowest BCUT2D eigenvalue weighted by molar-refractivity contribution is 0.0928. The maximum absolute atomic E-state index is 3.60. The predicted molar refractivity (Wildman–Crippen MR) is 81.8 cm³/mol. The van der Waals surface area contributed by atoms with Crippen LogP contribution in [0.25, 0.3) is 0 Å². The normalized spacial score (nSPS) is 29.8. The molecule has 3 unspecified atom stereocenters. The molecule has 1 nitrogen and oxygen atoms in total. The van der Waals surface area contributed by atoms with Crippen LogP contribution in [-0.4, -0.2) is 13.1 Å². The van der Waals surface area contributed by atoms with Crippen LogP contribution in [-0.2, 0) is 0 Å². The van der Waals surface area contributed by atoms with E-state index in [0.29, 0.717) is 5.41 Å². The zero-order valence-corrected chi connectivity index (χ0v) is 13.6. The van der Waals surface area contributed by atoms with Crippen molar-refractivity contribution in [1.29, 1.82) is 0 Å². The summed E-state index contributed by atoms with van der Waals surface area (Å²) < 4.78 is 0. The lowest BCUT2D eigenvalue weighted by atomic mass is 9.64. The first-order chi connectivity index (χ1) is 8.33. The Morgan fingerprint density at radius 3 is 2.33 bits per heavy atom. The van der Waals surface area contributed by atoms with Crippen molar-refractivity contribution in [3.05, 3.63) is 0 Å². The maximum atomic E-state index is 3.60. The predicted octanol–water partition coefficient (Wildman–Crippen LogP) is 4.72. The van der Waals surface area contributed by atoms with Gasteiger partial charge in [-0.15, -0.1) is 0 Å². The summed E-state index contributed by atoms with van der Waals surface area (Å²) in [6.07, 6.45) is 5.65. The SMILES string of the molecule is CC(C)CNCCC(C)(C)C1CCC(C)C(C)C1. The Kier molecular flexibility index (Phi) is 6.17. The fourth-order valence-electron chi connectivity index (χ4n) is 3.26. The quantitative estimate of drug-likeness (QED) is 0.675. The Hall–Kier alpha value is -0.0400. The molecule has 1 aliphatic rings. The van der Waals surface area contributed by atoms with Crippen molar-refractivity contribution in [2.24, 2.45) is 29.1 Å². The van der Waals surface area contributed by atoms with E-state index >= 15 is 0 Å². The average Bonchev–Trinajstić information content (AvgIpc) is 2.28. The minimum absolute atomic E-state index is 0.512. The smallest absolute Gasteiger partial charge is 0.00258 e. The summed E-state index contributed by atoms with van der Waals surface area (Å²) in [5.41, 5.74) is 0.512. The largest absolute Gasteiger partial charge is 0.316 e. The highest BCUT2D eigenvalue weighted by Crippen LogP contribution is 2.44. The molecule has 0 aliphatic heterocycles. The van der Waals surface area contributed by atoms with Gasteiger partial charge in [-0.2, -0.15) is 0 Å². The van der Waals surface area contributed by atoms with Crippen LogP contribution < -0.4 is 5.32 Å². The first kappa shape index (κ1) is 16.0. The van der Waals surface area contributed by atoms with Gasteiger partial charge >= 0.3 is 0 Å². The molecule has 0 radical (unpaired) electrons. The molecule has 18 heavy (non-hydrogen) atoms. The standard InChI is InChI=1S/C17H35N/c1-13(2)12-18-10-9-17(5,6)16-8-7-14(3)15(4)11-16/h13-16,18H,7-12H2,1-6H3. The second-order valence-corrected chi connectivity index (χ2v) is 7.80. The van der Waals surface area contributed by atoms with E-state index in [2.05, 4.69) is 46.9 Å². The molecule has 0 amide bonds. The zero-order chi connectivity index (χ0) is 13.8. The summed E-state index contributed by atoms with van der Waals surface area (Å²) in [6, 6.07) is 0. The molecule has 0 spiro atoms. The molecular weight excluding hydrogens is 218 g/mol. The monoisotopic (exact) mass is 253 g/mol. The number of hydrogen-bond acceptors (Lipinski definition) is 1. The Bertz CT molecular complexity index is 232. The van der Waals surface area contributed by atoms with Crippen molar-refractivity contribution >= 4 is 0 Å². The van der Waals surface area contributed by atoms with Crippen molar-refractivity contribution in [2.45, 2.75) is 67.2 Å². The molecule has 108 valence electrons. The molecule has 3 atom stereocenters. The van der Waals surface area contributed by atoms with Crippen LogP contribution in [0.5, 0.6) is 0 Å². The molecule has 1 saturated carbocycles. The highest BCUT2D eigenvalue weighted by Gasteiger charge is 2.34. The molecule has 0 heterocycles. The molecule has 1 fully saturated rings. The van der Waals surface area contributed by atoms with Crippen molar-refractivity contribution in [3.8, 4) is 0 Å². The average molecular weight is 253 g/mol. The van der Waals surface area contributed by atoms with E-state index in [1.165, 1.54) is 32.2 Å². The van der Waals surface area contributed by atoms with Gasteiger partial charge in [0, 0.05) is 0 Å². The molecule has 1 rings (SSSR count). The van der Waals surface area contributed by atoms with Gasteiger partial charge in [0.25, 0.3) is 0 Å². The lowest BCUT2D eigenvalue weighted by Gasteiger charge is -2.41. The molecular formula is C17H35N. The van der Waals surface area contributed by atoms with Crippen molar-refractivity contribution in [1.82, 2.24) is 5.32 Å². The minimum atomic E-state index is 0.512. The van der Waals surface area contributed by atoms with Gasteiger partial charge in [0.2, 0.25) is 0 Å². The minimum Gasteiger partial charge on any atom is -0.316 e. The second-order valence-electron chi connectivity index (χ2n) is 7.80. The molecule has 1 aliphatic carbocycles. The summed E-state index contributed by atoms with van der Waals surface area (Å²) >= 11 is 0. The van der Waals surface area contributed by atoms with Gasteiger partial charge in [0.05, 0.1) is 0 Å². The van der Waals surface area contributed by atoms with Crippen molar-refractivity contribution in [3.63, 3.8) is 0 Å². The third-order valence-corrected chi connectivity index (χ3v) is 5.20. The van der Waals surface area contributed by atoms with Gasteiger partial charge < -0.3 is 5.32 Å². The van der Waals surface area contributed by atoms with Crippen LogP contribution in [0.15, 0.2) is 0 Å². The highest BCUT2D eigenvalue weighted by atomic mass is 14.9. The van der Waals surface area contributed by atoms with Crippen LogP contribution >= 0.6 is 0 Å². The van der Waals surface area contributed by atoms with Crippen LogP contribution in [0.1, 0.15) is 67.2 Å². The fraction of sp³-hybridized carbons (Fsp3) is 1.00. The number of nitrogens with one attached hydrogen (secondary N) is 1. The molecule has 0 bridgehead atoms. The van der Waals surface area contributed by atoms with E-state index in [4.69, 9.17) is 0 Å². The second kappa shape index (κ2) is 6.93. The summed E-state index contributed by atoms with van der Waals surface area (Å²) in [5, 5.41) is 3.60. The van der Waals surface area contributed by atoms with Crippen molar-refractivity contribution in [2.75, 3.05) is 13.1 Å². The highest BCUT2D eigenvalue weighted by molar-refractivity contribution is 4.85. The Morgan fingerprint density at radius 1 is 1.11 bits per heavy atom. The molecule has 0 aromatic rings. The van der Waals surface area contributed by atoms with Crippen LogP contribution in [0.3, 0.4) is 0 Å². The zero-order valence-electron chi connectivity index (χ0n) is 13.6. The van der Waals surface area contributed by atoms with Gasteiger partial charge in [-0.05, 0) is 61.4 Å². The van der Waals surface area contributed by atoms with Crippen LogP contribution in [0.2, 0.25) is 0 Å². The van der Waals surface area contributed by atoms with Crippen LogP contribution in [0.4, 0.5) is 0 Å². The topological polar surface area (TPSA) is 12.0 Å². The van der Waals surface area contributed by atoms with Gasteiger partial charge in [0.15, 0.2) is 0 Å². The summed E-state index contributed by atoms with van der Waals surface area (Å²) in [6.45, 7) is 16.8. The number of rotatable bonds is 6. The van der Waals surface area contributed by atoms with E-state index in [0.717, 1.165) is 30.2 Å². The third-order valence-electron chi connectivity index (χ3n) is 5.20. The van der Waals surface area contributed by atoms with Crippen LogP contribution in [0, 0.1) is 29.1 Å². The lowest BCUT2D eigenvalue weighted by Crippen LogP contribution is -2.34. The first-order valence-corrected chi connectivity index (χ1v) is 8.03. The molecule has 0 aromatic heterocycles. The third kappa shape index (κ3) is 4.91. The molecule has 1 N–H and O–H groups in total. The molecule has 0 saturated heterocycles. The molecule has 0 aromatic carbocycles. The number of hydrogen-bond donors (Lipinski definition) is 1. The Morgan fingerprint density at radius 2 is 1.78 bits per heavy atom. The van der Waals surface area contributed by atoms with E-state index in [1.54, 1.807) is 0 Å². The van der Waals surface area contributed by atoms with E-state index in [9.17, 15) is 0 Å². The fourth-order valence-corrected chi connectivity index (χ4v) is 3.26. The summed E-state index contributed by atoms with van der Waals surface area (Å²) in [5.74, 6) is 3.57. The maximum Gasteiger partial charge on any atom is -0.00258 e. The Labute approximate surface area is 115 Å². The van der Waals surface area contributed by atoms with E-state index < -0.39 is 0 Å². The molecule has 1 heteroatoms. The summed E-state index contributed by atoms with van der Waals surface area (Å²) in [7, 11) is 0. The summed E-state index contributed by atoms with van der Waals surface area (Å²) in [4.78, 5) is 0. The van der Waals surface area contributed by atoms with Crippen molar-refractivity contribution < 1.29 is 0 Å². The van der Waals surface area contributed by atoms with Gasteiger partial charge in [-0.3, -0.25) is 0 Å². The van der Waals surface area contributed by atoms with E-state index in [-0.39, 0.29) is 0 Å². The van der Waals surface area contributed by atoms with Gasteiger partial charge in [0.1, 0.15) is 0 Å². The van der Waals surface area contributed by atoms with Gasteiger partial charge in [-0.25, -0.2) is 0 Å².